The van der Waals surface area contributed by atoms with Gasteiger partial charge in [0.2, 0.25) is 0 Å². The highest BCUT2D eigenvalue weighted by Gasteiger charge is 2.09. The van der Waals surface area contributed by atoms with Crippen LogP contribution in [0.4, 0.5) is 0 Å². The van der Waals surface area contributed by atoms with E-state index in [4.69, 9.17) is 15.7 Å². The number of likely N-dealkylation sites (N-methyl/N-ethyl adjacent to an activating group) is 1. The molecule has 0 aromatic heterocycles. The molecule has 6 heteroatoms. The van der Waals surface area contributed by atoms with E-state index in [0.29, 0.717) is 17.4 Å². The van der Waals surface area contributed by atoms with Gasteiger partial charge in [-0.05, 0) is 38.6 Å². The number of hydrogen-bond donors (Lipinski definition) is 3. The van der Waals surface area contributed by atoms with E-state index in [0.717, 1.165) is 25.2 Å². The molecule has 0 amide bonds. The molecule has 4 N–H and O–H groups in total. The van der Waals surface area contributed by atoms with Crippen LogP contribution in [0.3, 0.4) is 0 Å². The number of hydrogen-bond acceptors (Lipinski definition) is 5. The Kier molecular flexibility index (Phi) is 6.98. The molecule has 118 valence electrons. The van der Waals surface area contributed by atoms with Crippen molar-refractivity contribution in [3.63, 3.8) is 0 Å². The Labute approximate surface area is 126 Å². The van der Waals surface area contributed by atoms with E-state index in [-0.39, 0.29) is 5.84 Å². The van der Waals surface area contributed by atoms with Gasteiger partial charge in [-0.1, -0.05) is 11.2 Å². The molecule has 0 aliphatic rings. The van der Waals surface area contributed by atoms with Gasteiger partial charge in [0.25, 0.3) is 0 Å². The molecule has 6 nitrogen and oxygen atoms in total. The third kappa shape index (κ3) is 5.24. The normalized spacial score (nSPS) is 12.2. The van der Waals surface area contributed by atoms with Crippen molar-refractivity contribution in [2.24, 2.45) is 10.9 Å². The van der Waals surface area contributed by atoms with E-state index in [1.807, 2.05) is 18.2 Å². The van der Waals surface area contributed by atoms with Crippen LogP contribution in [0.15, 0.2) is 23.4 Å². The number of oxime groups is 1. The molecular formula is C15H26N4O2. The first-order valence-corrected chi connectivity index (χ1v) is 7.05. The van der Waals surface area contributed by atoms with Crippen LogP contribution in [-0.4, -0.2) is 49.2 Å². The van der Waals surface area contributed by atoms with E-state index < -0.39 is 0 Å². The minimum absolute atomic E-state index is 0.0493. The molecule has 1 aromatic rings. The van der Waals surface area contributed by atoms with Crippen LogP contribution in [0.25, 0.3) is 0 Å². The molecule has 21 heavy (non-hydrogen) atoms. The number of ether oxygens (including phenoxy) is 1. The van der Waals surface area contributed by atoms with E-state index in [9.17, 15) is 0 Å². The number of nitrogens with one attached hydrogen (secondary N) is 1. The third-order valence-electron chi connectivity index (χ3n) is 3.50. The van der Waals surface area contributed by atoms with Crippen LogP contribution in [0.2, 0.25) is 0 Å². The molecule has 0 atom stereocenters. The van der Waals surface area contributed by atoms with Crippen LogP contribution in [-0.2, 0) is 6.54 Å². The summed E-state index contributed by atoms with van der Waals surface area (Å²) in [6.07, 6.45) is 0. The van der Waals surface area contributed by atoms with Crippen molar-refractivity contribution in [1.82, 2.24) is 10.2 Å². The molecule has 0 bridgehead atoms. The van der Waals surface area contributed by atoms with Crippen molar-refractivity contribution >= 4 is 5.84 Å². The third-order valence-corrected chi connectivity index (χ3v) is 3.50. The standard InChI is InChI=1S/C15H26N4O2/c1-11(2)19(3)8-7-17-10-12-5-6-14(21-4)13(9-12)15(16)18-20/h5-6,9,11,17,20H,7-8,10H2,1-4H3,(H2,16,18). The Morgan fingerprint density at radius 2 is 2.19 bits per heavy atom. The van der Waals surface area contributed by atoms with Gasteiger partial charge in [0.15, 0.2) is 5.84 Å². The van der Waals surface area contributed by atoms with Crippen molar-refractivity contribution in [1.29, 1.82) is 0 Å². The maximum atomic E-state index is 8.81. The number of nitrogens with zero attached hydrogens (tertiary/aromatic N) is 2. The minimum atomic E-state index is 0.0493. The minimum Gasteiger partial charge on any atom is -0.496 e. The summed E-state index contributed by atoms with van der Waals surface area (Å²) in [4.78, 5) is 2.28. The maximum absolute atomic E-state index is 8.81. The summed E-state index contributed by atoms with van der Waals surface area (Å²) in [6.45, 7) is 6.96. The molecular weight excluding hydrogens is 268 g/mol. The topological polar surface area (TPSA) is 83.1 Å². The molecule has 0 heterocycles. The summed E-state index contributed by atoms with van der Waals surface area (Å²) >= 11 is 0. The lowest BCUT2D eigenvalue weighted by molar-refractivity contribution is 0.273. The molecule has 0 fully saturated rings. The zero-order valence-corrected chi connectivity index (χ0v) is 13.3. The van der Waals surface area contributed by atoms with Gasteiger partial charge in [-0.15, -0.1) is 0 Å². The molecule has 0 unspecified atom stereocenters. The molecule has 0 aliphatic carbocycles. The van der Waals surface area contributed by atoms with Gasteiger partial charge >= 0.3 is 0 Å². The van der Waals surface area contributed by atoms with Crippen LogP contribution in [0, 0.1) is 0 Å². The Balaban J connectivity index is 2.60. The predicted octanol–water partition coefficient (Wildman–Crippen LogP) is 1.22. The lowest BCUT2D eigenvalue weighted by Crippen LogP contribution is -2.33. The van der Waals surface area contributed by atoms with E-state index in [1.165, 1.54) is 0 Å². The summed E-state index contributed by atoms with van der Waals surface area (Å²) < 4.78 is 5.21. The maximum Gasteiger partial charge on any atom is 0.173 e. The van der Waals surface area contributed by atoms with Crippen molar-refractivity contribution in [3.8, 4) is 5.75 Å². The first kappa shape index (κ1) is 17.3. The number of benzene rings is 1. The van der Waals surface area contributed by atoms with Crippen molar-refractivity contribution in [2.75, 3.05) is 27.2 Å². The summed E-state index contributed by atoms with van der Waals surface area (Å²) in [7, 11) is 3.67. The molecule has 0 saturated carbocycles. The molecule has 0 spiro atoms. The zero-order chi connectivity index (χ0) is 15.8. The fourth-order valence-corrected chi connectivity index (χ4v) is 1.87. The predicted molar refractivity (Wildman–Crippen MR) is 85.0 cm³/mol. The number of nitrogens with two attached hydrogens (primary N) is 1. The van der Waals surface area contributed by atoms with Gasteiger partial charge in [-0.25, -0.2) is 0 Å². The average Bonchev–Trinajstić information content (AvgIpc) is 2.50. The van der Waals surface area contributed by atoms with E-state index in [1.54, 1.807) is 7.11 Å². The largest absolute Gasteiger partial charge is 0.496 e. The highest BCUT2D eigenvalue weighted by Crippen LogP contribution is 2.19. The molecule has 0 saturated heterocycles. The fourth-order valence-electron chi connectivity index (χ4n) is 1.87. The molecule has 1 aromatic carbocycles. The second kappa shape index (κ2) is 8.49. The first-order chi connectivity index (χ1) is 9.99. The smallest absolute Gasteiger partial charge is 0.173 e. The Morgan fingerprint density at radius 1 is 1.48 bits per heavy atom. The second-order valence-corrected chi connectivity index (χ2v) is 5.27. The second-order valence-electron chi connectivity index (χ2n) is 5.27. The number of rotatable bonds is 8. The van der Waals surface area contributed by atoms with E-state index >= 15 is 0 Å². The van der Waals surface area contributed by atoms with Gasteiger partial charge < -0.3 is 25.9 Å². The van der Waals surface area contributed by atoms with E-state index in [2.05, 4.69) is 36.3 Å². The monoisotopic (exact) mass is 294 g/mol. The SMILES string of the molecule is COc1ccc(CNCCN(C)C(C)C)cc1C(N)=NO. The number of amidine groups is 1. The average molecular weight is 294 g/mol. The van der Waals surface area contributed by atoms with Crippen LogP contribution < -0.4 is 15.8 Å². The van der Waals surface area contributed by atoms with Crippen LogP contribution in [0.1, 0.15) is 25.0 Å². The fraction of sp³-hybridized carbons (Fsp3) is 0.533. The quantitative estimate of drug-likeness (QED) is 0.221. The van der Waals surface area contributed by atoms with Gasteiger partial charge in [0.05, 0.1) is 12.7 Å². The van der Waals surface area contributed by atoms with Crippen LogP contribution in [0.5, 0.6) is 5.75 Å². The van der Waals surface area contributed by atoms with Crippen molar-refractivity contribution in [3.05, 3.63) is 29.3 Å². The Bertz CT molecular complexity index is 475. The van der Waals surface area contributed by atoms with Gasteiger partial charge in [-0.2, -0.15) is 0 Å². The lowest BCUT2D eigenvalue weighted by atomic mass is 10.1. The summed E-state index contributed by atoms with van der Waals surface area (Å²) in [5, 5.41) is 15.2. The highest BCUT2D eigenvalue weighted by molar-refractivity contribution is 5.99. The van der Waals surface area contributed by atoms with Gasteiger partial charge in [0, 0.05) is 25.7 Å². The van der Waals surface area contributed by atoms with Crippen molar-refractivity contribution < 1.29 is 9.94 Å². The lowest BCUT2D eigenvalue weighted by Gasteiger charge is -2.21. The number of methoxy groups -OCH3 is 1. The summed E-state index contributed by atoms with van der Waals surface area (Å²) in [5.74, 6) is 0.641. The van der Waals surface area contributed by atoms with Gasteiger partial charge in [-0.3, -0.25) is 0 Å². The van der Waals surface area contributed by atoms with Gasteiger partial charge in [0.1, 0.15) is 5.75 Å². The Morgan fingerprint density at radius 3 is 2.76 bits per heavy atom. The van der Waals surface area contributed by atoms with Crippen LogP contribution >= 0.6 is 0 Å². The zero-order valence-electron chi connectivity index (χ0n) is 13.3. The first-order valence-electron chi connectivity index (χ1n) is 7.05. The molecule has 0 radical (unpaired) electrons. The highest BCUT2D eigenvalue weighted by atomic mass is 16.5. The van der Waals surface area contributed by atoms with Crippen molar-refractivity contribution in [2.45, 2.75) is 26.4 Å². The molecule has 0 aliphatic heterocycles. The summed E-state index contributed by atoms with van der Waals surface area (Å²) in [6, 6.07) is 6.20. The Hall–Kier alpha value is -1.79. The summed E-state index contributed by atoms with van der Waals surface area (Å²) in [5.41, 5.74) is 7.32. The molecule has 1 rings (SSSR count).